The van der Waals surface area contributed by atoms with Crippen molar-refractivity contribution in [2.45, 2.75) is 13.3 Å². The highest BCUT2D eigenvalue weighted by atomic mass is 15.3. The highest BCUT2D eigenvalue weighted by Crippen LogP contribution is 2.20. The molecule has 104 valence electrons. The number of H-pyrrole nitrogens is 1. The lowest BCUT2D eigenvalue weighted by Crippen LogP contribution is -2.07. The van der Waals surface area contributed by atoms with Crippen LogP contribution in [0.3, 0.4) is 0 Å². The second-order valence-corrected chi connectivity index (χ2v) is 4.39. The number of rotatable bonds is 5. The molecular formula is C12H16N8. The van der Waals surface area contributed by atoms with E-state index in [-0.39, 0.29) is 0 Å². The number of aryl methyl sites for hydroxylation is 1. The molecule has 3 N–H and O–H groups in total. The smallest absolute Gasteiger partial charge is 0.232 e. The first-order valence-corrected chi connectivity index (χ1v) is 6.48. The van der Waals surface area contributed by atoms with Crippen molar-refractivity contribution in [3.63, 3.8) is 0 Å². The van der Waals surface area contributed by atoms with Gasteiger partial charge in [0.15, 0.2) is 11.5 Å². The number of nitrogens with one attached hydrogen (secondary N) is 3. The molecule has 0 unspecified atom stereocenters. The zero-order valence-corrected chi connectivity index (χ0v) is 11.4. The molecule has 3 rings (SSSR count). The first-order chi connectivity index (χ1) is 9.78. The van der Waals surface area contributed by atoms with Crippen molar-refractivity contribution in [3.05, 3.63) is 18.6 Å². The zero-order chi connectivity index (χ0) is 13.9. The molecule has 3 aromatic heterocycles. The lowest BCUT2D eigenvalue weighted by Gasteiger charge is -2.08. The summed E-state index contributed by atoms with van der Waals surface area (Å²) in [7, 11) is 1.85. The van der Waals surface area contributed by atoms with Gasteiger partial charge in [-0.2, -0.15) is 15.1 Å². The quantitative estimate of drug-likeness (QED) is 0.653. The summed E-state index contributed by atoms with van der Waals surface area (Å²) in [5.74, 6) is 2.06. The van der Waals surface area contributed by atoms with Crippen LogP contribution in [0.25, 0.3) is 11.2 Å². The van der Waals surface area contributed by atoms with Crippen LogP contribution in [-0.4, -0.2) is 36.3 Å². The van der Waals surface area contributed by atoms with Crippen molar-refractivity contribution in [3.8, 4) is 0 Å². The Hall–Kier alpha value is -2.64. The molecule has 0 fully saturated rings. The van der Waals surface area contributed by atoms with Crippen molar-refractivity contribution in [2.24, 2.45) is 7.05 Å². The Morgan fingerprint density at radius 3 is 3.00 bits per heavy atom. The number of imidazole rings is 1. The van der Waals surface area contributed by atoms with Crippen LogP contribution < -0.4 is 10.6 Å². The predicted molar refractivity (Wildman–Crippen MR) is 77.0 cm³/mol. The highest BCUT2D eigenvalue weighted by molar-refractivity contribution is 5.83. The molecule has 0 spiro atoms. The van der Waals surface area contributed by atoms with Gasteiger partial charge in [0.2, 0.25) is 5.95 Å². The maximum atomic E-state index is 4.48. The first kappa shape index (κ1) is 12.4. The summed E-state index contributed by atoms with van der Waals surface area (Å²) in [6.07, 6.45) is 4.35. The highest BCUT2D eigenvalue weighted by Gasteiger charge is 2.10. The van der Waals surface area contributed by atoms with E-state index >= 15 is 0 Å². The third-order valence-corrected chi connectivity index (χ3v) is 2.89. The molecule has 8 heteroatoms. The van der Waals surface area contributed by atoms with Gasteiger partial charge in [-0.1, -0.05) is 6.92 Å². The van der Waals surface area contributed by atoms with Crippen molar-refractivity contribution in [1.29, 1.82) is 0 Å². The van der Waals surface area contributed by atoms with E-state index in [4.69, 9.17) is 0 Å². The molecule has 0 amide bonds. The number of aromatic nitrogens is 6. The molecule has 0 radical (unpaired) electrons. The molecule has 0 aliphatic heterocycles. The van der Waals surface area contributed by atoms with Crippen LogP contribution in [-0.2, 0) is 7.05 Å². The Bertz CT molecular complexity index is 713. The van der Waals surface area contributed by atoms with Crippen LogP contribution >= 0.6 is 0 Å². The molecule has 0 aliphatic carbocycles. The van der Waals surface area contributed by atoms with E-state index in [1.807, 2.05) is 13.1 Å². The first-order valence-electron chi connectivity index (χ1n) is 6.48. The standard InChI is InChI=1S/C12H16N8/c1-3-5-13-10-9-11(15-7-14-9)19-12(18-10)17-8-4-6-16-20(8)2/h4,6-7H,3,5H2,1-2H3,(H3,13,14,15,17,18,19). The number of anilines is 3. The van der Waals surface area contributed by atoms with Gasteiger partial charge in [-0.15, -0.1) is 0 Å². The molecule has 3 aromatic rings. The maximum absolute atomic E-state index is 4.48. The fourth-order valence-corrected chi connectivity index (χ4v) is 1.87. The summed E-state index contributed by atoms with van der Waals surface area (Å²) in [4.78, 5) is 16.1. The van der Waals surface area contributed by atoms with Crippen LogP contribution in [0.4, 0.5) is 17.6 Å². The minimum absolute atomic E-state index is 0.492. The lowest BCUT2D eigenvalue weighted by molar-refractivity contribution is 0.775. The minimum Gasteiger partial charge on any atom is -0.368 e. The van der Waals surface area contributed by atoms with Crippen molar-refractivity contribution < 1.29 is 0 Å². The Balaban J connectivity index is 1.96. The van der Waals surface area contributed by atoms with Gasteiger partial charge in [0.05, 0.1) is 12.5 Å². The van der Waals surface area contributed by atoms with Gasteiger partial charge < -0.3 is 15.6 Å². The number of aromatic amines is 1. The summed E-state index contributed by atoms with van der Waals surface area (Å²) < 4.78 is 1.72. The number of hydrogen-bond donors (Lipinski definition) is 3. The maximum Gasteiger partial charge on any atom is 0.232 e. The van der Waals surface area contributed by atoms with Crippen LogP contribution in [0.5, 0.6) is 0 Å². The molecular weight excluding hydrogens is 256 g/mol. The minimum atomic E-state index is 0.492. The third-order valence-electron chi connectivity index (χ3n) is 2.89. The van der Waals surface area contributed by atoms with Gasteiger partial charge in [-0.25, -0.2) is 4.98 Å². The molecule has 0 aliphatic rings. The van der Waals surface area contributed by atoms with E-state index in [0.717, 1.165) is 30.1 Å². The van der Waals surface area contributed by atoms with Gasteiger partial charge >= 0.3 is 0 Å². The monoisotopic (exact) mass is 272 g/mol. The molecule has 0 saturated carbocycles. The number of fused-ring (bicyclic) bond motifs is 1. The summed E-state index contributed by atoms with van der Waals surface area (Å²) in [5.41, 5.74) is 1.44. The fourth-order valence-electron chi connectivity index (χ4n) is 1.87. The SMILES string of the molecule is CCCNc1nc(Nc2ccnn2C)nc2nc[nH]c12. The predicted octanol–water partition coefficient (Wildman–Crippen LogP) is 1.65. The second-order valence-electron chi connectivity index (χ2n) is 4.39. The van der Waals surface area contributed by atoms with E-state index in [0.29, 0.717) is 11.6 Å². The molecule has 8 nitrogen and oxygen atoms in total. The van der Waals surface area contributed by atoms with Gasteiger partial charge in [0.1, 0.15) is 11.3 Å². The van der Waals surface area contributed by atoms with E-state index in [9.17, 15) is 0 Å². The van der Waals surface area contributed by atoms with Crippen molar-refractivity contribution in [2.75, 3.05) is 17.2 Å². The van der Waals surface area contributed by atoms with Gasteiger partial charge in [-0.05, 0) is 6.42 Å². The van der Waals surface area contributed by atoms with Gasteiger partial charge in [0, 0.05) is 19.7 Å². The summed E-state index contributed by atoms with van der Waals surface area (Å²) in [5, 5.41) is 10.5. The molecule has 3 heterocycles. The topological polar surface area (TPSA) is 96.3 Å². The Kier molecular flexibility index (Phi) is 3.20. The Morgan fingerprint density at radius 2 is 2.25 bits per heavy atom. The van der Waals surface area contributed by atoms with Crippen molar-refractivity contribution in [1.82, 2.24) is 29.7 Å². The molecule has 0 aromatic carbocycles. The number of hydrogen-bond acceptors (Lipinski definition) is 6. The Labute approximate surface area is 115 Å². The number of nitrogens with zero attached hydrogens (tertiary/aromatic N) is 5. The molecule has 0 saturated heterocycles. The van der Waals surface area contributed by atoms with Gasteiger partial charge in [-0.3, -0.25) is 4.68 Å². The van der Waals surface area contributed by atoms with E-state index in [1.54, 1.807) is 17.2 Å². The van der Waals surface area contributed by atoms with E-state index in [1.165, 1.54) is 0 Å². The molecule has 20 heavy (non-hydrogen) atoms. The van der Waals surface area contributed by atoms with E-state index < -0.39 is 0 Å². The summed E-state index contributed by atoms with van der Waals surface area (Å²) >= 11 is 0. The third kappa shape index (κ3) is 2.27. The largest absolute Gasteiger partial charge is 0.368 e. The van der Waals surface area contributed by atoms with E-state index in [2.05, 4.69) is 42.6 Å². The second kappa shape index (κ2) is 5.16. The van der Waals surface area contributed by atoms with Crippen molar-refractivity contribution >= 4 is 28.7 Å². The average molecular weight is 272 g/mol. The van der Waals surface area contributed by atoms with Gasteiger partial charge in [0.25, 0.3) is 0 Å². The average Bonchev–Trinajstić information content (AvgIpc) is 3.06. The molecule has 0 atom stereocenters. The van der Waals surface area contributed by atoms with Crippen LogP contribution in [0.2, 0.25) is 0 Å². The summed E-state index contributed by atoms with van der Waals surface area (Å²) in [6, 6.07) is 1.86. The van der Waals surface area contributed by atoms with Crippen LogP contribution in [0.1, 0.15) is 13.3 Å². The van der Waals surface area contributed by atoms with Crippen LogP contribution in [0.15, 0.2) is 18.6 Å². The molecule has 0 bridgehead atoms. The van der Waals surface area contributed by atoms with Crippen LogP contribution in [0, 0.1) is 0 Å². The Morgan fingerprint density at radius 1 is 1.35 bits per heavy atom. The lowest BCUT2D eigenvalue weighted by atomic mass is 10.4. The fraction of sp³-hybridized carbons (Fsp3) is 0.333. The summed E-state index contributed by atoms with van der Waals surface area (Å²) in [6.45, 7) is 2.95. The normalized spacial score (nSPS) is 10.9. The zero-order valence-electron chi connectivity index (χ0n) is 11.4.